The fraction of sp³-hybridized carbons (Fsp3) is 0.478. The molecule has 8 nitrogen and oxygen atoms in total. The summed E-state index contributed by atoms with van der Waals surface area (Å²) in [6, 6.07) is 9.68. The predicted molar refractivity (Wildman–Crippen MR) is 109 cm³/mol. The molecule has 0 amide bonds. The van der Waals surface area contributed by atoms with Gasteiger partial charge in [-0.2, -0.15) is 0 Å². The van der Waals surface area contributed by atoms with Crippen LogP contribution in [0.1, 0.15) is 17.2 Å². The van der Waals surface area contributed by atoms with E-state index in [0.717, 1.165) is 22.6 Å². The Morgan fingerprint density at radius 1 is 0.871 bits per heavy atom. The van der Waals surface area contributed by atoms with Gasteiger partial charge in [-0.1, -0.05) is 6.07 Å². The molecular formula is C23H26O8. The summed E-state index contributed by atoms with van der Waals surface area (Å²) in [6.45, 7) is 1.23. The lowest BCUT2D eigenvalue weighted by Crippen LogP contribution is -2.36. The minimum Gasteiger partial charge on any atom is -0.493 e. The summed E-state index contributed by atoms with van der Waals surface area (Å²) >= 11 is 0. The lowest BCUT2D eigenvalue weighted by Gasteiger charge is -2.33. The summed E-state index contributed by atoms with van der Waals surface area (Å²) in [5.41, 5.74) is 1.84. The van der Waals surface area contributed by atoms with E-state index in [0.29, 0.717) is 30.5 Å². The van der Waals surface area contributed by atoms with Crippen LogP contribution in [0.2, 0.25) is 0 Å². The van der Waals surface area contributed by atoms with E-state index in [1.165, 1.54) is 0 Å². The molecule has 0 unspecified atom stereocenters. The zero-order valence-corrected chi connectivity index (χ0v) is 18.0. The molecule has 0 N–H and O–H groups in total. The summed E-state index contributed by atoms with van der Waals surface area (Å²) in [5, 5.41) is 0. The van der Waals surface area contributed by atoms with Crippen molar-refractivity contribution < 1.29 is 37.9 Å². The Hall–Kier alpha value is -2.68. The Labute approximate surface area is 180 Å². The normalized spacial score (nSPS) is 28.5. The van der Waals surface area contributed by atoms with Crippen LogP contribution in [0, 0.1) is 11.8 Å². The second-order valence-corrected chi connectivity index (χ2v) is 7.73. The summed E-state index contributed by atoms with van der Waals surface area (Å²) in [5.74, 6) is 2.22. The number of ether oxygens (including phenoxy) is 8. The van der Waals surface area contributed by atoms with Crippen molar-refractivity contribution in [1.29, 1.82) is 0 Å². The van der Waals surface area contributed by atoms with Gasteiger partial charge in [0.15, 0.2) is 28.8 Å². The molecule has 0 aromatic heterocycles. The molecule has 31 heavy (non-hydrogen) atoms. The maximum Gasteiger partial charge on any atom is 0.231 e. The van der Waals surface area contributed by atoms with Crippen LogP contribution in [0.5, 0.6) is 28.7 Å². The molecule has 2 aromatic carbocycles. The van der Waals surface area contributed by atoms with Crippen molar-refractivity contribution >= 4 is 0 Å². The zero-order chi connectivity index (χ0) is 21.6. The minimum absolute atomic E-state index is 0.0178. The van der Waals surface area contributed by atoms with E-state index in [1.807, 2.05) is 30.3 Å². The van der Waals surface area contributed by atoms with Gasteiger partial charge < -0.3 is 37.9 Å². The van der Waals surface area contributed by atoms with Gasteiger partial charge in [0.1, 0.15) is 0 Å². The van der Waals surface area contributed by atoms with Gasteiger partial charge in [-0.25, -0.2) is 0 Å². The molecule has 0 radical (unpaired) electrons. The Bertz CT molecular complexity index is 951. The SMILES string of the molecule is COc1cc([C@@]2(OC)OC[C@@H]3[C@H]2CO[C@H]3c2ccc3c(c2)OCO3)cc(OC)c1OC. The standard InChI is InChI=1S/C23H26O8/c1-24-19-8-14(9-20(25-2)22(19)26-3)23(27-4)16-11-28-21(15(16)10-31-23)13-5-6-17-18(7-13)30-12-29-17/h5-9,15-16,21H,10-12H2,1-4H3/t15-,16-,21+,23-/m1/s1. The van der Waals surface area contributed by atoms with Crippen molar-refractivity contribution in [2.24, 2.45) is 11.8 Å². The first-order valence-corrected chi connectivity index (χ1v) is 10.2. The molecule has 0 spiro atoms. The fourth-order valence-electron chi connectivity index (χ4n) is 4.93. The Kier molecular flexibility index (Phi) is 5.08. The van der Waals surface area contributed by atoms with Crippen LogP contribution >= 0.6 is 0 Å². The molecule has 2 saturated heterocycles. The summed E-state index contributed by atoms with van der Waals surface area (Å²) in [4.78, 5) is 0. The highest BCUT2D eigenvalue weighted by Crippen LogP contribution is 2.56. The van der Waals surface area contributed by atoms with Crippen LogP contribution in [0.4, 0.5) is 0 Å². The van der Waals surface area contributed by atoms with Crippen LogP contribution in [0.25, 0.3) is 0 Å². The first-order valence-electron chi connectivity index (χ1n) is 10.2. The summed E-state index contributed by atoms with van der Waals surface area (Å²) in [6.07, 6.45) is -0.126. The van der Waals surface area contributed by atoms with Crippen molar-refractivity contribution in [3.8, 4) is 28.7 Å². The quantitative estimate of drug-likeness (QED) is 0.691. The molecule has 0 saturated carbocycles. The number of methoxy groups -OCH3 is 4. The molecule has 166 valence electrons. The van der Waals surface area contributed by atoms with Crippen LogP contribution in [0.3, 0.4) is 0 Å². The monoisotopic (exact) mass is 430 g/mol. The van der Waals surface area contributed by atoms with Crippen molar-refractivity contribution in [3.63, 3.8) is 0 Å². The topological polar surface area (TPSA) is 73.8 Å². The highest BCUT2D eigenvalue weighted by molar-refractivity contribution is 5.55. The molecule has 4 atom stereocenters. The first kappa shape index (κ1) is 20.2. The van der Waals surface area contributed by atoms with Crippen LogP contribution in [-0.4, -0.2) is 48.4 Å². The average molecular weight is 430 g/mol. The zero-order valence-electron chi connectivity index (χ0n) is 18.0. The largest absolute Gasteiger partial charge is 0.493 e. The van der Waals surface area contributed by atoms with Crippen molar-refractivity contribution in [3.05, 3.63) is 41.5 Å². The highest BCUT2D eigenvalue weighted by atomic mass is 16.7. The molecule has 8 heteroatoms. The molecule has 2 fully saturated rings. The third-order valence-corrected chi connectivity index (χ3v) is 6.43. The minimum atomic E-state index is -0.984. The number of fused-ring (bicyclic) bond motifs is 2. The fourth-order valence-corrected chi connectivity index (χ4v) is 4.93. The molecular weight excluding hydrogens is 404 g/mol. The maximum atomic E-state index is 6.35. The molecule has 3 aliphatic rings. The van der Waals surface area contributed by atoms with Gasteiger partial charge in [-0.15, -0.1) is 0 Å². The molecule has 3 heterocycles. The van der Waals surface area contributed by atoms with Gasteiger partial charge in [0.2, 0.25) is 12.5 Å². The highest BCUT2D eigenvalue weighted by Gasteiger charge is 2.58. The number of rotatable bonds is 6. The van der Waals surface area contributed by atoms with E-state index in [2.05, 4.69) is 0 Å². The van der Waals surface area contributed by atoms with Gasteiger partial charge in [0.05, 0.1) is 40.6 Å². The maximum absolute atomic E-state index is 6.35. The first-order chi connectivity index (χ1) is 15.1. The van der Waals surface area contributed by atoms with Crippen LogP contribution in [-0.2, 0) is 20.0 Å². The van der Waals surface area contributed by atoms with E-state index in [4.69, 9.17) is 37.9 Å². The van der Waals surface area contributed by atoms with E-state index in [1.54, 1.807) is 28.4 Å². The number of hydrogen-bond donors (Lipinski definition) is 0. The smallest absolute Gasteiger partial charge is 0.231 e. The Morgan fingerprint density at radius 3 is 2.29 bits per heavy atom. The van der Waals surface area contributed by atoms with Crippen LogP contribution in [0.15, 0.2) is 30.3 Å². The van der Waals surface area contributed by atoms with Crippen LogP contribution < -0.4 is 23.7 Å². The summed E-state index contributed by atoms with van der Waals surface area (Å²) in [7, 11) is 6.41. The third kappa shape index (κ3) is 3.01. The molecule has 0 bridgehead atoms. The van der Waals surface area contributed by atoms with E-state index in [-0.39, 0.29) is 24.7 Å². The van der Waals surface area contributed by atoms with Gasteiger partial charge >= 0.3 is 0 Å². The second kappa shape index (κ2) is 7.78. The Morgan fingerprint density at radius 2 is 1.61 bits per heavy atom. The van der Waals surface area contributed by atoms with E-state index in [9.17, 15) is 0 Å². The van der Waals surface area contributed by atoms with Gasteiger partial charge in [-0.05, 0) is 29.8 Å². The number of hydrogen-bond acceptors (Lipinski definition) is 8. The molecule has 0 aliphatic carbocycles. The average Bonchev–Trinajstić information content (AvgIpc) is 3.53. The Balaban J connectivity index is 1.50. The molecule has 5 rings (SSSR count). The van der Waals surface area contributed by atoms with E-state index >= 15 is 0 Å². The summed E-state index contributed by atoms with van der Waals surface area (Å²) < 4.78 is 46.2. The van der Waals surface area contributed by atoms with Gasteiger partial charge in [-0.3, -0.25) is 0 Å². The number of benzene rings is 2. The van der Waals surface area contributed by atoms with Crippen molar-refractivity contribution in [2.45, 2.75) is 11.9 Å². The molecule has 3 aliphatic heterocycles. The van der Waals surface area contributed by atoms with Crippen molar-refractivity contribution in [1.82, 2.24) is 0 Å². The predicted octanol–water partition coefficient (Wildman–Crippen LogP) is 3.27. The van der Waals surface area contributed by atoms with E-state index < -0.39 is 5.79 Å². The lowest BCUT2D eigenvalue weighted by molar-refractivity contribution is -0.230. The lowest BCUT2D eigenvalue weighted by atomic mass is 9.82. The van der Waals surface area contributed by atoms with Crippen molar-refractivity contribution in [2.75, 3.05) is 48.4 Å². The second-order valence-electron chi connectivity index (χ2n) is 7.73. The molecule has 2 aromatic rings. The third-order valence-electron chi connectivity index (χ3n) is 6.43. The van der Waals surface area contributed by atoms with Gasteiger partial charge in [0, 0.05) is 24.5 Å². The van der Waals surface area contributed by atoms with Gasteiger partial charge in [0.25, 0.3) is 0 Å².